The van der Waals surface area contributed by atoms with Crippen LogP contribution in [0.2, 0.25) is 5.02 Å². The second-order valence-corrected chi connectivity index (χ2v) is 6.90. The van der Waals surface area contributed by atoms with Crippen molar-refractivity contribution in [2.75, 3.05) is 5.32 Å². The molecular weight excluding hydrogens is 375 g/mol. The van der Waals surface area contributed by atoms with E-state index in [9.17, 15) is 4.39 Å². The van der Waals surface area contributed by atoms with Crippen LogP contribution in [0.4, 0.5) is 15.9 Å². The molecule has 0 saturated carbocycles. The van der Waals surface area contributed by atoms with Crippen LogP contribution in [0.5, 0.6) is 0 Å². The van der Waals surface area contributed by atoms with Crippen molar-refractivity contribution in [2.24, 2.45) is 0 Å². The van der Waals surface area contributed by atoms with E-state index in [-0.39, 0.29) is 5.02 Å². The second kappa shape index (κ2) is 7.90. The molecule has 0 spiro atoms. The molecule has 0 bridgehead atoms. The largest absolute Gasteiger partial charge is 0.340 e. The topological polar surface area (TPSA) is 50.7 Å². The first-order valence-corrected chi connectivity index (χ1v) is 9.45. The highest BCUT2D eigenvalue weighted by atomic mass is 35.5. The van der Waals surface area contributed by atoms with Gasteiger partial charge in [0.15, 0.2) is 5.82 Å². The average molecular weight is 393 g/mol. The number of hydrogen-bond acceptors (Lipinski definition) is 4. The minimum absolute atomic E-state index is 0.0579. The quantitative estimate of drug-likeness (QED) is 0.440. The second-order valence-electron chi connectivity index (χ2n) is 6.49. The Balaban J connectivity index is 1.86. The molecule has 4 nitrogen and oxygen atoms in total. The zero-order valence-corrected chi connectivity index (χ0v) is 16.0. The minimum atomic E-state index is -0.457. The van der Waals surface area contributed by atoms with Gasteiger partial charge in [-0.25, -0.2) is 14.4 Å². The van der Waals surface area contributed by atoms with Gasteiger partial charge in [-0.2, -0.15) is 0 Å². The smallest absolute Gasteiger partial charge is 0.163 e. The fourth-order valence-electron chi connectivity index (χ4n) is 3.05. The maximum absolute atomic E-state index is 13.5. The zero-order chi connectivity index (χ0) is 19.5. The lowest BCUT2D eigenvalue weighted by molar-refractivity contribution is 0.628. The first kappa shape index (κ1) is 18.3. The number of nitrogens with zero attached hydrogens (tertiary/aromatic N) is 3. The van der Waals surface area contributed by atoms with E-state index in [1.807, 2.05) is 18.2 Å². The maximum atomic E-state index is 13.5. The van der Waals surface area contributed by atoms with Gasteiger partial charge in [0.25, 0.3) is 0 Å². The molecule has 0 unspecified atom stereocenters. The summed E-state index contributed by atoms with van der Waals surface area (Å²) in [5.41, 5.74) is 3.52. The van der Waals surface area contributed by atoms with Crippen LogP contribution in [0.1, 0.15) is 18.9 Å². The molecule has 1 N–H and O–H groups in total. The van der Waals surface area contributed by atoms with Gasteiger partial charge in [-0.05, 0) is 54.4 Å². The number of nitrogens with one attached hydrogen (secondary N) is 1. The van der Waals surface area contributed by atoms with Crippen molar-refractivity contribution in [1.82, 2.24) is 15.0 Å². The fraction of sp³-hybridized carbons (Fsp3) is 0.136. The van der Waals surface area contributed by atoms with E-state index >= 15 is 0 Å². The normalized spacial score (nSPS) is 11.0. The highest BCUT2D eigenvalue weighted by Crippen LogP contribution is 2.29. The van der Waals surface area contributed by atoms with Crippen molar-refractivity contribution in [3.8, 4) is 11.4 Å². The molecule has 0 amide bonds. The van der Waals surface area contributed by atoms with Crippen LogP contribution in [0.25, 0.3) is 22.3 Å². The number of pyridine rings is 1. The lowest BCUT2D eigenvalue weighted by Crippen LogP contribution is -2.00. The number of aryl methyl sites for hydroxylation is 1. The molecular formula is C22H18ClFN4. The summed E-state index contributed by atoms with van der Waals surface area (Å²) in [6.07, 6.45) is 5.46. The summed E-state index contributed by atoms with van der Waals surface area (Å²) in [7, 11) is 0. The lowest BCUT2D eigenvalue weighted by Gasteiger charge is -2.12. The molecule has 2 aromatic carbocycles. The van der Waals surface area contributed by atoms with Gasteiger partial charge in [-0.3, -0.25) is 4.98 Å². The highest BCUT2D eigenvalue weighted by molar-refractivity contribution is 6.31. The van der Waals surface area contributed by atoms with Crippen molar-refractivity contribution in [3.63, 3.8) is 0 Å². The van der Waals surface area contributed by atoms with Crippen LogP contribution in [0, 0.1) is 5.82 Å². The minimum Gasteiger partial charge on any atom is -0.340 e. The Kier molecular flexibility index (Phi) is 5.17. The summed E-state index contributed by atoms with van der Waals surface area (Å²) in [6.45, 7) is 2.14. The molecule has 4 aromatic rings. The Hall–Kier alpha value is -3.05. The Morgan fingerprint density at radius 3 is 2.71 bits per heavy atom. The number of hydrogen-bond donors (Lipinski definition) is 1. The van der Waals surface area contributed by atoms with Crippen molar-refractivity contribution >= 4 is 34.0 Å². The van der Waals surface area contributed by atoms with Gasteiger partial charge in [0.1, 0.15) is 11.6 Å². The molecule has 6 heteroatoms. The summed E-state index contributed by atoms with van der Waals surface area (Å²) in [6, 6.07) is 14.5. The van der Waals surface area contributed by atoms with Crippen LogP contribution in [-0.2, 0) is 6.42 Å². The van der Waals surface area contributed by atoms with Gasteiger partial charge in [0.2, 0.25) is 0 Å². The molecule has 0 aliphatic rings. The number of fused-ring (bicyclic) bond motifs is 1. The van der Waals surface area contributed by atoms with Crippen LogP contribution >= 0.6 is 11.6 Å². The van der Waals surface area contributed by atoms with E-state index < -0.39 is 5.82 Å². The fourth-order valence-corrected chi connectivity index (χ4v) is 3.23. The van der Waals surface area contributed by atoms with Crippen molar-refractivity contribution in [1.29, 1.82) is 0 Å². The van der Waals surface area contributed by atoms with Crippen molar-refractivity contribution in [2.45, 2.75) is 19.8 Å². The summed E-state index contributed by atoms with van der Waals surface area (Å²) in [5.74, 6) is 0.755. The van der Waals surface area contributed by atoms with Gasteiger partial charge < -0.3 is 5.32 Å². The van der Waals surface area contributed by atoms with E-state index in [1.54, 1.807) is 24.5 Å². The standard InChI is InChI=1S/C22H18ClFN4/c1-2-4-14-6-9-20-17(11-14)22(26-16-7-8-19(24)18(23)12-16)28-21(27-20)15-5-3-10-25-13-15/h3,5-13H,2,4H2,1H3,(H,26,27,28). The average Bonchev–Trinajstić information content (AvgIpc) is 2.72. The molecule has 0 fully saturated rings. The third-order valence-corrected chi connectivity index (χ3v) is 4.69. The summed E-state index contributed by atoms with van der Waals surface area (Å²) >= 11 is 5.94. The van der Waals surface area contributed by atoms with E-state index in [0.717, 1.165) is 29.3 Å². The molecule has 0 aliphatic heterocycles. The number of anilines is 2. The number of benzene rings is 2. The van der Waals surface area contributed by atoms with Crippen LogP contribution < -0.4 is 5.32 Å². The molecule has 2 heterocycles. The van der Waals surface area contributed by atoms with Crippen molar-refractivity contribution in [3.05, 3.63) is 77.3 Å². The highest BCUT2D eigenvalue weighted by Gasteiger charge is 2.12. The Labute approximate surface area is 167 Å². The number of halogens is 2. The first-order chi connectivity index (χ1) is 13.6. The lowest BCUT2D eigenvalue weighted by atomic mass is 10.1. The molecule has 2 aromatic heterocycles. The van der Waals surface area contributed by atoms with E-state index in [4.69, 9.17) is 21.6 Å². The van der Waals surface area contributed by atoms with Gasteiger partial charge in [0.05, 0.1) is 10.5 Å². The molecule has 0 saturated heterocycles. The van der Waals surface area contributed by atoms with Gasteiger partial charge >= 0.3 is 0 Å². The molecule has 0 atom stereocenters. The first-order valence-electron chi connectivity index (χ1n) is 9.07. The predicted molar refractivity (Wildman–Crippen MR) is 111 cm³/mol. The third-order valence-electron chi connectivity index (χ3n) is 4.40. The Bertz CT molecular complexity index is 1130. The van der Waals surface area contributed by atoms with E-state index in [0.29, 0.717) is 17.3 Å². The molecule has 0 aliphatic carbocycles. The Morgan fingerprint density at radius 2 is 1.96 bits per heavy atom. The predicted octanol–water partition coefficient (Wildman–Crippen LogP) is 6.18. The number of aromatic nitrogens is 3. The maximum Gasteiger partial charge on any atom is 0.163 e. The summed E-state index contributed by atoms with van der Waals surface area (Å²) in [4.78, 5) is 13.6. The van der Waals surface area contributed by atoms with Crippen LogP contribution in [-0.4, -0.2) is 15.0 Å². The van der Waals surface area contributed by atoms with Crippen LogP contribution in [0.3, 0.4) is 0 Å². The molecule has 0 radical (unpaired) electrons. The van der Waals surface area contributed by atoms with Gasteiger partial charge in [-0.15, -0.1) is 0 Å². The van der Waals surface area contributed by atoms with Crippen LogP contribution in [0.15, 0.2) is 60.9 Å². The molecule has 4 rings (SSSR count). The molecule has 28 heavy (non-hydrogen) atoms. The third kappa shape index (κ3) is 3.80. The van der Waals surface area contributed by atoms with Gasteiger partial charge in [-0.1, -0.05) is 31.0 Å². The zero-order valence-electron chi connectivity index (χ0n) is 15.3. The summed E-state index contributed by atoms with van der Waals surface area (Å²) in [5, 5.41) is 4.23. The Morgan fingerprint density at radius 1 is 1.07 bits per heavy atom. The van der Waals surface area contributed by atoms with Crippen molar-refractivity contribution < 1.29 is 4.39 Å². The SMILES string of the molecule is CCCc1ccc2nc(-c3cccnc3)nc(Nc3ccc(F)c(Cl)c3)c2c1. The van der Waals surface area contributed by atoms with E-state index in [2.05, 4.69) is 29.4 Å². The van der Waals surface area contributed by atoms with E-state index in [1.165, 1.54) is 11.6 Å². The molecule has 140 valence electrons. The monoisotopic (exact) mass is 392 g/mol. The summed E-state index contributed by atoms with van der Waals surface area (Å²) < 4.78 is 13.5. The van der Waals surface area contributed by atoms with Gasteiger partial charge in [0, 0.05) is 29.0 Å². The number of rotatable bonds is 5.